The van der Waals surface area contributed by atoms with Crippen LogP contribution in [0.3, 0.4) is 0 Å². The van der Waals surface area contributed by atoms with Gasteiger partial charge in [-0.3, -0.25) is 4.68 Å². The fourth-order valence-electron chi connectivity index (χ4n) is 1.54. The first kappa shape index (κ1) is 14.3. The molecule has 0 radical (unpaired) electrons. The molecule has 0 aliphatic rings. The minimum absolute atomic E-state index is 0.0467. The Labute approximate surface area is 115 Å². The van der Waals surface area contributed by atoms with Gasteiger partial charge in [-0.05, 0) is 19.1 Å². The fourth-order valence-corrected chi connectivity index (χ4v) is 2.48. The van der Waals surface area contributed by atoms with E-state index in [1.54, 1.807) is 17.9 Å². The average molecular weight is 299 g/mol. The zero-order valence-electron chi connectivity index (χ0n) is 10.8. The highest BCUT2D eigenvalue weighted by molar-refractivity contribution is 7.89. The summed E-state index contributed by atoms with van der Waals surface area (Å²) in [5.41, 5.74) is 1.56. The molecule has 2 aromatic heterocycles. The van der Waals surface area contributed by atoms with Crippen LogP contribution >= 0.6 is 0 Å². The van der Waals surface area contributed by atoms with Crippen molar-refractivity contribution in [2.45, 2.75) is 18.6 Å². The van der Waals surface area contributed by atoms with Gasteiger partial charge in [0, 0.05) is 24.8 Å². The Morgan fingerprint density at radius 2 is 2.20 bits per heavy atom. The monoisotopic (exact) mass is 299 g/mol. The Kier molecular flexibility index (Phi) is 3.64. The van der Waals surface area contributed by atoms with Gasteiger partial charge in [0.15, 0.2) is 0 Å². The molecule has 2 heterocycles. The van der Waals surface area contributed by atoms with E-state index in [9.17, 15) is 13.2 Å². The van der Waals surface area contributed by atoms with Gasteiger partial charge in [-0.25, -0.2) is 17.9 Å². The molecule has 2 aromatic rings. The van der Waals surface area contributed by atoms with E-state index >= 15 is 0 Å². The van der Waals surface area contributed by atoms with Crippen molar-refractivity contribution in [3.63, 3.8) is 0 Å². The molecular formula is C11H13N3O5S. The highest BCUT2D eigenvalue weighted by Gasteiger charge is 2.21. The number of aromatic nitrogens is 2. The molecule has 0 unspecified atom stereocenters. The van der Waals surface area contributed by atoms with Crippen molar-refractivity contribution in [2.24, 2.45) is 7.05 Å². The Bertz CT molecular complexity index is 744. The second-order valence-corrected chi connectivity index (χ2v) is 5.83. The smallest absolute Gasteiger partial charge is 0.371 e. The first-order chi connectivity index (χ1) is 9.31. The number of nitrogens with zero attached hydrogens (tertiary/aromatic N) is 2. The van der Waals surface area contributed by atoms with E-state index in [-0.39, 0.29) is 6.54 Å². The second-order valence-electron chi connectivity index (χ2n) is 4.13. The third-order valence-corrected chi connectivity index (χ3v) is 4.12. The molecule has 0 amide bonds. The Hall–Kier alpha value is -2.13. The number of aromatic carboxylic acids is 1. The number of hydrogen-bond donors (Lipinski definition) is 2. The van der Waals surface area contributed by atoms with Crippen LogP contribution in [0.25, 0.3) is 0 Å². The van der Waals surface area contributed by atoms with Gasteiger partial charge in [0.25, 0.3) is 10.0 Å². The predicted octanol–water partition coefficient (Wildman–Crippen LogP) is 0.498. The molecule has 20 heavy (non-hydrogen) atoms. The molecule has 2 N–H and O–H groups in total. The zero-order valence-corrected chi connectivity index (χ0v) is 11.6. The summed E-state index contributed by atoms with van der Waals surface area (Å²) in [4.78, 5) is 10.6. The number of carbonyl (C=O) groups is 1. The van der Waals surface area contributed by atoms with Gasteiger partial charge in [0.1, 0.15) is 0 Å². The van der Waals surface area contributed by atoms with Gasteiger partial charge in [-0.2, -0.15) is 5.10 Å². The lowest BCUT2D eigenvalue weighted by Gasteiger charge is -2.03. The minimum Gasteiger partial charge on any atom is -0.475 e. The summed E-state index contributed by atoms with van der Waals surface area (Å²) >= 11 is 0. The van der Waals surface area contributed by atoms with Gasteiger partial charge >= 0.3 is 5.97 Å². The average Bonchev–Trinajstić information content (AvgIpc) is 2.97. The maximum Gasteiger partial charge on any atom is 0.371 e. The number of hydrogen-bond acceptors (Lipinski definition) is 5. The molecule has 0 aromatic carbocycles. The van der Waals surface area contributed by atoms with Crippen molar-refractivity contribution in [2.75, 3.05) is 0 Å². The van der Waals surface area contributed by atoms with E-state index in [0.717, 1.165) is 23.4 Å². The van der Waals surface area contributed by atoms with Crippen molar-refractivity contribution in [1.82, 2.24) is 14.5 Å². The molecule has 0 aliphatic carbocycles. The van der Waals surface area contributed by atoms with E-state index in [0.29, 0.717) is 0 Å². The molecule has 108 valence electrons. The maximum atomic E-state index is 11.9. The number of carboxylic acids is 1. The molecule has 0 saturated carbocycles. The Morgan fingerprint density at radius 1 is 1.50 bits per heavy atom. The van der Waals surface area contributed by atoms with Gasteiger partial charge < -0.3 is 9.52 Å². The summed E-state index contributed by atoms with van der Waals surface area (Å²) in [6, 6.07) is 2.19. The Morgan fingerprint density at radius 3 is 2.70 bits per heavy atom. The number of rotatable bonds is 5. The number of sulfonamides is 1. The SMILES string of the molecule is Cc1c(CNS(=O)(=O)c2ccc(C(=O)O)o2)cnn1C. The number of aryl methyl sites for hydroxylation is 1. The summed E-state index contributed by atoms with van der Waals surface area (Å²) in [5, 5.41) is 12.3. The van der Waals surface area contributed by atoms with E-state index < -0.39 is 26.8 Å². The third-order valence-electron chi connectivity index (χ3n) is 2.85. The molecule has 0 atom stereocenters. The summed E-state index contributed by atoms with van der Waals surface area (Å²) < 4.78 is 32.6. The quantitative estimate of drug-likeness (QED) is 0.830. The van der Waals surface area contributed by atoms with Crippen LogP contribution in [-0.4, -0.2) is 29.3 Å². The standard InChI is InChI=1S/C11H13N3O5S/c1-7-8(5-12-14(7)2)6-13-20(17,18)10-4-3-9(19-10)11(15)16/h3-5,13H,6H2,1-2H3,(H,15,16). The lowest BCUT2D eigenvalue weighted by atomic mass is 10.3. The maximum absolute atomic E-state index is 11.9. The highest BCUT2D eigenvalue weighted by atomic mass is 32.2. The normalized spacial score (nSPS) is 11.7. The summed E-state index contributed by atoms with van der Waals surface area (Å²) in [5.74, 6) is -1.75. The van der Waals surface area contributed by atoms with Crippen molar-refractivity contribution < 1.29 is 22.7 Å². The minimum atomic E-state index is -3.90. The molecule has 0 fully saturated rings. The topological polar surface area (TPSA) is 114 Å². The number of nitrogens with one attached hydrogen (secondary N) is 1. The molecule has 9 heteroatoms. The largest absolute Gasteiger partial charge is 0.475 e. The zero-order chi connectivity index (χ0) is 14.9. The van der Waals surface area contributed by atoms with Crippen LogP contribution in [0.2, 0.25) is 0 Å². The number of carboxylic acid groups (broad SMARTS) is 1. The van der Waals surface area contributed by atoms with Crippen LogP contribution in [0.5, 0.6) is 0 Å². The van der Waals surface area contributed by atoms with Crippen molar-refractivity contribution in [3.8, 4) is 0 Å². The predicted molar refractivity (Wildman–Crippen MR) is 67.6 cm³/mol. The molecule has 0 bridgehead atoms. The molecule has 0 aliphatic heterocycles. The molecule has 8 nitrogen and oxygen atoms in total. The third kappa shape index (κ3) is 2.73. The second kappa shape index (κ2) is 5.10. The van der Waals surface area contributed by atoms with Gasteiger partial charge in [0.05, 0.1) is 6.20 Å². The number of furan rings is 1. The Balaban J connectivity index is 2.15. The van der Waals surface area contributed by atoms with Crippen LogP contribution in [0.1, 0.15) is 21.8 Å². The van der Waals surface area contributed by atoms with Crippen LogP contribution in [0, 0.1) is 6.92 Å². The summed E-state index contributed by atoms with van der Waals surface area (Å²) in [6.07, 6.45) is 1.56. The van der Waals surface area contributed by atoms with Gasteiger partial charge in [0.2, 0.25) is 10.9 Å². The van der Waals surface area contributed by atoms with E-state index in [1.165, 1.54) is 0 Å². The first-order valence-electron chi connectivity index (χ1n) is 5.61. The molecule has 0 saturated heterocycles. The van der Waals surface area contributed by atoms with Crippen molar-refractivity contribution >= 4 is 16.0 Å². The summed E-state index contributed by atoms with van der Waals surface area (Å²) in [7, 11) is -2.15. The summed E-state index contributed by atoms with van der Waals surface area (Å²) in [6.45, 7) is 1.86. The highest BCUT2D eigenvalue weighted by Crippen LogP contribution is 2.14. The fraction of sp³-hybridized carbons (Fsp3) is 0.273. The van der Waals surface area contributed by atoms with Crippen molar-refractivity contribution in [3.05, 3.63) is 35.3 Å². The first-order valence-corrected chi connectivity index (χ1v) is 7.10. The lowest BCUT2D eigenvalue weighted by Crippen LogP contribution is -2.23. The van der Waals surface area contributed by atoms with Crippen LogP contribution in [0.15, 0.2) is 27.8 Å². The van der Waals surface area contributed by atoms with Crippen LogP contribution in [-0.2, 0) is 23.6 Å². The van der Waals surface area contributed by atoms with Gasteiger partial charge in [-0.1, -0.05) is 0 Å². The molecule has 0 spiro atoms. The molecule has 2 rings (SSSR count). The lowest BCUT2D eigenvalue weighted by molar-refractivity contribution is 0.0656. The van der Waals surface area contributed by atoms with E-state index in [4.69, 9.17) is 9.52 Å². The van der Waals surface area contributed by atoms with E-state index in [1.807, 2.05) is 6.92 Å². The van der Waals surface area contributed by atoms with Crippen LogP contribution < -0.4 is 4.72 Å². The molecular weight excluding hydrogens is 286 g/mol. The van der Waals surface area contributed by atoms with Crippen LogP contribution in [0.4, 0.5) is 0 Å². The van der Waals surface area contributed by atoms with Gasteiger partial charge in [-0.15, -0.1) is 0 Å². The van der Waals surface area contributed by atoms with Crippen molar-refractivity contribution in [1.29, 1.82) is 0 Å². The van der Waals surface area contributed by atoms with E-state index in [2.05, 4.69) is 9.82 Å².